The number of carbonyl (C=O) groups is 1. The van der Waals surface area contributed by atoms with Crippen molar-refractivity contribution in [2.45, 2.75) is 30.8 Å². The van der Waals surface area contributed by atoms with Gasteiger partial charge in [0.15, 0.2) is 0 Å². The van der Waals surface area contributed by atoms with Gasteiger partial charge in [0, 0.05) is 46.9 Å². The summed E-state index contributed by atoms with van der Waals surface area (Å²) in [5.41, 5.74) is 9.96. The Bertz CT molecular complexity index is 1130. The Morgan fingerprint density at radius 3 is 2.67 bits per heavy atom. The van der Waals surface area contributed by atoms with Crippen LogP contribution < -0.4 is 20.7 Å². The molecule has 3 aromatic carbocycles. The van der Waals surface area contributed by atoms with E-state index in [4.69, 9.17) is 10.5 Å². The topological polar surface area (TPSA) is 87.8 Å². The number of phenols is 1. The second-order valence-electron chi connectivity index (χ2n) is 8.10. The normalized spacial score (nSPS) is 14.1. The van der Waals surface area contributed by atoms with E-state index < -0.39 is 0 Å². The van der Waals surface area contributed by atoms with Gasteiger partial charge in [0.2, 0.25) is 0 Å². The average Bonchev–Trinajstić information content (AvgIpc) is 3.04. The molecule has 3 aromatic rings. The number of nitrogens with one attached hydrogen (secondary N) is 1. The zero-order valence-electron chi connectivity index (χ0n) is 18.9. The molecule has 0 spiro atoms. The summed E-state index contributed by atoms with van der Waals surface area (Å²) in [7, 11) is 0. The summed E-state index contributed by atoms with van der Waals surface area (Å²) < 4.78 is 5.97. The second kappa shape index (κ2) is 10.2. The summed E-state index contributed by atoms with van der Waals surface area (Å²) in [6.07, 6.45) is 2.86. The van der Waals surface area contributed by atoms with E-state index in [2.05, 4.69) is 22.3 Å². The van der Waals surface area contributed by atoms with Crippen molar-refractivity contribution in [3.63, 3.8) is 0 Å². The number of carbonyl (C=O) groups excluding carboxylic acids is 1. The lowest BCUT2D eigenvalue weighted by molar-refractivity contribution is 0.0950. The zero-order chi connectivity index (χ0) is 23.4. The second-order valence-corrected chi connectivity index (χ2v) is 8.98. The fourth-order valence-electron chi connectivity index (χ4n) is 3.90. The first-order valence-corrected chi connectivity index (χ1v) is 12.2. The van der Waals surface area contributed by atoms with Gasteiger partial charge in [0.05, 0.1) is 12.3 Å². The minimum Gasteiger partial charge on any atom is -0.508 e. The third kappa shape index (κ3) is 5.26. The molecule has 0 bridgehead atoms. The van der Waals surface area contributed by atoms with Crippen molar-refractivity contribution in [1.82, 2.24) is 5.32 Å². The fourth-order valence-corrected chi connectivity index (χ4v) is 4.31. The lowest BCUT2D eigenvalue weighted by atomic mass is 10.1. The van der Waals surface area contributed by atoms with Crippen LogP contribution in [0.2, 0.25) is 0 Å². The lowest BCUT2D eigenvalue weighted by Gasteiger charge is -2.25. The van der Waals surface area contributed by atoms with Crippen molar-refractivity contribution in [3.8, 4) is 11.5 Å². The molecule has 0 aromatic heterocycles. The van der Waals surface area contributed by atoms with Crippen LogP contribution in [-0.4, -0.2) is 30.4 Å². The molecule has 1 atom stereocenters. The van der Waals surface area contributed by atoms with E-state index >= 15 is 0 Å². The molecule has 0 saturated carbocycles. The maximum atomic E-state index is 12.8. The number of hydrogen-bond acceptors (Lipinski definition) is 6. The summed E-state index contributed by atoms with van der Waals surface area (Å²) in [4.78, 5) is 16.1. The molecule has 0 fully saturated rings. The van der Waals surface area contributed by atoms with Crippen LogP contribution in [0.3, 0.4) is 0 Å². The number of hydrogen-bond donors (Lipinski definition) is 3. The van der Waals surface area contributed by atoms with Crippen molar-refractivity contribution in [1.29, 1.82) is 0 Å². The minimum absolute atomic E-state index is 0.148. The molecule has 6 nitrogen and oxygen atoms in total. The Hall–Kier alpha value is -3.16. The molecule has 1 heterocycles. The molecule has 1 aliphatic heterocycles. The van der Waals surface area contributed by atoms with Crippen molar-refractivity contribution in [2.24, 2.45) is 5.73 Å². The molecule has 1 unspecified atom stereocenters. The van der Waals surface area contributed by atoms with Crippen molar-refractivity contribution in [2.75, 3.05) is 24.3 Å². The lowest BCUT2D eigenvalue weighted by Crippen LogP contribution is -2.23. The van der Waals surface area contributed by atoms with Crippen molar-refractivity contribution >= 4 is 29.0 Å². The van der Waals surface area contributed by atoms with Crippen LogP contribution in [0.15, 0.2) is 65.6 Å². The Morgan fingerprint density at radius 1 is 1.18 bits per heavy atom. The first-order valence-electron chi connectivity index (χ1n) is 11.0. The summed E-state index contributed by atoms with van der Waals surface area (Å²) in [5, 5.41) is 13.4. The predicted molar refractivity (Wildman–Crippen MR) is 134 cm³/mol. The summed E-state index contributed by atoms with van der Waals surface area (Å²) in [5.74, 6) is 0.682. The van der Waals surface area contributed by atoms with E-state index in [-0.39, 0.29) is 17.7 Å². The standard InChI is InChI=1S/C26H29N3O3S/c1-17(27)22-10-7-20(15-24(22)30)29-12-3-13-32-25-14-19(6-11-23(25)29)26(31)28-16-18-4-8-21(33-2)9-5-18/h4-11,14-15,17,30H,3,12-13,16,27H2,1-2H3,(H,28,31). The fraction of sp³-hybridized carbons (Fsp3) is 0.269. The van der Waals surface area contributed by atoms with Gasteiger partial charge in [-0.3, -0.25) is 4.79 Å². The maximum Gasteiger partial charge on any atom is 0.251 e. The van der Waals surface area contributed by atoms with Gasteiger partial charge in [-0.15, -0.1) is 11.8 Å². The summed E-state index contributed by atoms with van der Waals surface area (Å²) in [6, 6.07) is 18.9. The molecular formula is C26H29N3O3S. The largest absolute Gasteiger partial charge is 0.508 e. The van der Waals surface area contributed by atoms with Crippen LogP contribution in [0.25, 0.3) is 0 Å². The van der Waals surface area contributed by atoms with E-state index in [1.165, 1.54) is 4.90 Å². The van der Waals surface area contributed by atoms with Gasteiger partial charge in [0.1, 0.15) is 11.5 Å². The van der Waals surface area contributed by atoms with E-state index in [1.54, 1.807) is 23.9 Å². The van der Waals surface area contributed by atoms with E-state index in [0.29, 0.717) is 30.0 Å². The number of fused-ring (bicyclic) bond motifs is 1. The van der Waals surface area contributed by atoms with Gasteiger partial charge in [-0.1, -0.05) is 18.2 Å². The van der Waals surface area contributed by atoms with Gasteiger partial charge in [-0.25, -0.2) is 0 Å². The van der Waals surface area contributed by atoms with E-state index in [0.717, 1.165) is 29.9 Å². The van der Waals surface area contributed by atoms with E-state index in [1.807, 2.05) is 49.6 Å². The number of benzene rings is 3. The molecule has 1 amide bonds. The number of nitrogens with two attached hydrogens (primary N) is 1. The number of phenolic OH excluding ortho intramolecular Hbond substituents is 1. The van der Waals surface area contributed by atoms with Crippen LogP contribution >= 0.6 is 11.8 Å². The molecule has 0 aliphatic carbocycles. The number of thioether (sulfide) groups is 1. The quantitative estimate of drug-likeness (QED) is 0.447. The highest BCUT2D eigenvalue weighted by atomic mass is 32.2. The van der Waals surface area contributed by atoms with Crippen molar-refractivity contribution in [3.05, 3.63) is 77.4 Å². The molecule has 172 valence electrons. The van der Waals surface area contributed by atoms with Crippen LogP contribution in [0.1, 0.15) is 40.9 Å². The first kappa shape index (κ1) is 23.0. The van der Waals surface area contributed by atoms with Crippen LogP contribution in [0.5, 0.6) is 11.5 Å². The molecular weight excluding hydrogens is 434 g/mol. The summed E-state index contributed by atoms with van der Waals surface area (Å²) in [6.45, 7) is 3.60. The molecule has 4 N–H and O–H groups in total. The zero-order valence-corrected chi connectivity index (χ0v) is 19.7. The highest BCUT2D eigenvalue weighted by Gasteiger charge is 2.21. The van der Waals surface area contributed by atoms with Gasteiger partial charge in [0.25, 0.3) is 5.91 Å². The number of nitrogens with zero attached hydrogens (tertiary/aromatic N) is 1. The Labute approximate surface area is 198 Å². The van der Waals surface area contributed by atoms with Gasteiger partial charge in [-0.05, 0) is 61.6 Å². The smallest absolute Gasteiger partial charge is 0.251 e. The highest BCUT2D eigenvalue weighted by molar-refractivity contribution is 7.98. The number of amides is 1. The molecule has 1 aliphatic rings. The average molecular weight is 464 g/mol. The van der Waals surface area contributed by atoms with E-state index in [9.17, 15) is 9.90 Å². The highest BCUT2D eigenvalue weighted by Crippen LogP contribution is 2.39. The molecule has 0 saturated heterocycles. The van der Waals surface area contributed by atoms with Gasteiger partial charge in [-0.2, -0.15) is 0 Å². The molecule has 4 rings (SSSR count). The number of ether oxygens (including phenoxy) is 1. The molecule has 7 heteroatoms. The van der Waals surface area contributed by atoms with Crippen LogP contribution in [0.4, 0.5) is 11.4 Å². The Kier molecular flexibility index (Phi) is 7.11. The third-order valence-electron chi connectivity index (χ3n) is 5.72. The molecule has 0 radical (unpaired) electrons. The molecule has 33 heavy (non-hydrogen) atoms. The summed E-state index contributed by atoms with van der Waals surface area (Å²) >= 11 is 1.69. The Balaban J connectivity index is 1.53. The monoisotopic (exact) mass is 463 g/mol. The van der Waals surface area contributed by atoms with Gasteiger partial charge < -0.3 is 25.8 Å². The van der Waals surface area contributed by atoms with Crippen LogP contribution in [-0.2, 0) is 6.54 Å². The predicted octanol–water partition coefficient (Wildman–Crippen LogP) is 4.98. The van der Waals surface area contributed by atoms with Gasteiger partial charge >= 0.3 is 0 Å². The van der Waals surface area contributed by atoms with Crippen molar-refractivity contribution < 1.29 is 14.6 Å². The Morgan fingerprint density at radius 2 is 1.97 bits per heavy atom. The maximum absolute atomic E-state index is 12.8. The number of aromatic hydroxyl groups is 1. The number of anilines is 2. The minimum atomic E-state index is -0.247. The third-order valence-corrected chi connectivity index (χ3v) is 6.47. The number of rotatable bonds is 6. The SMILES string of the molecule is CSc1ccc(CNC(=O)c2ccc3c(c2)OCCCN3c2ccc(C(C)N)c(O)c2)cc1. The first-order chi connectivity index (χ1) is 16.0. The van der Waals surface area contributed by atoms with Crippen LogP contribution in [0, 0.1) is 0 Å².